The highest BCUT2D eigenvalue weighted by molar-refractivity contribution is 7.13. The van der Waals surface area contributed by atoms with Crippen molar-refractivity contribution in [2.45, 2.75) is 13.5 Å². The summed E-state index contributed by atoms with van der Waals surface area (Å²) in [6.45, 7) is 2.83. The topological polar surface area (TPSA) is 55.3 Å². The van der Waals surface area contributed by atoms with E-state index in [-0.39, 0.29) is 5.97 Å². The normalized spacial score (nSPS) is 10.2. The van der Waals surface area contributed by atoms with E-state index in [0.29, 0.717) is 18.8 Å². The fourth-order valence-corrected chi connectivity index (χ4v) is 2.33. The molecule has 2 rings (SSSR count). The van der Waals surface area contributed by atoms with Gasteiger partial charge in [0.05, 0.1) is 6.61 Å². The van der Waals surface area contributed by atoms with E-state index >= 15 is 0 Å². The third-order valence-corrected chi connectivity index (χ3v) is 3.40. The van der Waals surface area contributed by atoms with Crippen molar-refractivity contribution in [1.82, 2.24) is 9.97 Å². The maximum Gasteiger partial charge on any atom is 0.357 e. The van der Waals surface area contributed by atoms with Gasteiger partial charge in [-0.2, -0.15) is 0 Å². The summed E-state index contributed by atoms with van der Waals surface area (Å²) in [5.74, 6) is -0.375. The minimum absolute atomic E-state index is 0.358. The second kappa shape index (κ2) is 6.29. The lowest BCUT2D eigenvalue weighted by Crippen LogP contribution is -2.16. The number of nitrogens with zero attached hydrogens (tertiary/aromatic N) is 3. The molecule has 0 amide bonds. The Morgan fingerprint density at radius 3 is 3.05 bits per heavy atom. The minimum atomic E-state index is -0.375. The molecule has 0 N–H and O–H groups in total. The van der Waals surface area contributed by atoms with Gasteiger partial charge < -0.3 is 9.64 Å². The Morgan fingerprint density at radius 1 is 1.53 bits per heavy atom. The van der Waals surface area contributed by atoms with Crippen LogP contribution in [0.1, 0.15) is 23.0 Å². The van der Waals surface area contributed by atoms with Crippen molar-refractivity contribution < 1.29 is 9.53 Å². The van der Waals surface area contributed by atoms with E-state index in [1.54, 1.807) is 18.5 Å². The third kappa shape index (κ3) is 3.51. The first-order valence-electron chi connectivity index (χ1n) is 5.93. The molecule has 0 aliphatic carbocycles. The first-order valence-corrected chi connectivity index (χ1v) is 6.81. The number of esters is 1. The van der Waals surface area contributed by atoms with Crippen LogP contribution in [-0.2, 0) is 11.3 Å². The molecule has 0 saturated carbocycles. The zero-order valence-electron chi connectivity index (χ0n) is 10.9. The molecule has 0 aliphatic heterocycles. The van der Waals surface area contributed by atoms with E-state index in [1.807, 2.05) is 30.3 Å². The molecule has 0 radical (unpaired) electrons. The lowest BCUT2D eigenvalue weighted by Gasteiger charge is -2.15. The lowest BCUT2D eigenvalue weighted by atomic mass is 10.3. The molecular formula is C13H15N3O2S. The van der Waals surface area contributed by atoms with Gasteiger partial charge in [0.25, 0.3) is 0 Å². The van der Waals surface area contributed by atoms with Gasteiger partial charge in [-0.15, -0.1) is 11.3 Å². The van der Waals surface area contributed by atoms with Crippen molar-refractivity contribution in [2.24, 2.45) is 0 Å². The molecule has 0 unspecified atom stereocenters. The molecule has 0 bridgehead atoms. The number of carbonyl (C=O) groups excluding carboxylic acids is 1. The van der Waals surface area contributed by atoms with Gasteiger partial charge >= 0.3 is 5.97 Å². The molecular weight excluding hydrogens is 262 g/mol. The number of anilines is 1. The SMILES string of the molecule is CCOC(=O)c1csc(N(C)Cc2cccnc2)n1. The Bertz CT molecular complexity index is 542. The largest absolute Gasteiger partial charge is 0.461 e. The summed E-state index contributed by atoms with van der Waals surface area (Å²) in [6, 6.07) is 3.90. The molecule has 2 heterocycles. The standard InChI is InChI=1S/C13H15N3O2S/c1-3-18-12(17)11-9-19-13(15-11)16(2)8-10-5-4-6-14-7-10/h4-7,9H,3,8H2,1-2H3. The summed E-state index contributed by atoms with van der Waals surface area (Å²) in [6.07, 6.45) is 3.56. The summed E-state index contributed by atoms with van der Waals surface area (Å²) in [4.78, 5) is 21.9. The Balaban J connectivity index is 2.04. The molecule has 6 heteroatoms. The van der Waals surface area contributed by atoms with Crippen LogP contribution in [0.2, 0.25) is 0 Å². The van der Waals surface area contributed by atoms with Crippen molar-refractivity contribution >= 4 is 22.4 Å². The Morgan fingerprint density at radius 2 is 2.37 bits per heavy atom. The van der Waals surface area contributed by atoms with Crippen molar-refractivity contribution in [1.29, 1.82) is 0 Å². The van der Waals surface area contributed by atoms with Gasteiger partial charge in [-0.3, -0.25) is 4.98 Å². The predicted octanol–water partition coefficient (Wildman–Crippen LogP) is 2.35. The zero-order chi connectivity index (χ0) is 13.7. The van der Waals surface area contributed by atoms with E-state index in [9.17, 15) is 4.79 Å². The molecule has 0 saturated heterocycles. The van der Waals surface area contributed by atoms with Crippen LogP contribution < -0.4 is 4.90 Å². The third-order valence-electron chi connectivity index (χ3n) is 2.45. The van der Waals surface area contributed by atoms with Crippen LogP contribution in [-0.4, -0.2) is 29.6 Å². The van der Waals surface area contributed by atoms with E-state index in [4.69, 9.17) is 4.74 Å². The average Bonchev–Trinajstić information content (AvgIpc) is 2.90. The van der Waals surface area contributed by atoms with Gasteiger partial charge in [0, 0.05) is 31.4 Å². The van der Waals surface area contributed by atoms with Crippen LogP contribution in [0.4, 0.5) is 5.13 Å². The molecule has 19 heavy (non-hydrogen) atoms. The molecule has 0 spiro atoms. The van der Waals surface area contributed by atoms with Crippen molar-refractivity contribution in [2.75, 3.05) is 18.6 Å². The number of carbonyl (C=O) groups is 1. The van der Waals surface area contributed by atoms with Gasteiger partial charge in [-0.1, -0.05) is 6.07 Å². The first-order chi connectivity index (χ1) is 9.20. The first kappa shape index (κ1) is 13.5. The second-order valence-corrected chi connectivity index (χ2v) is 4.79. The van der Waals surface area contributed by atoms with Crippen LogP contribution in [0, 0.1) is 0 Å². The van der Waals surface area contributed by atoms with Crippen LogP contribution in [0.3, 0.4) is 0 Å². The molecule has 2 aromatic rings. The fourth-order valence-electron chi connectivity index (χ4n) is 1.57. The van der Waals surface area contributed by atoms with Crippen LogP contribution in [0.25, 0.3) is 0 Å². The van der Waals surface area contributed by atoms with E-state index < -0.39 is 0 Å². The Kier molecular flexibility index (Phi) is 4.46. The van der Waals surface area contributed by atoms with Gasteiger partial charge in [0.1, 0.15) is 0 Å². The van der Waals surface area contributed by atoms with Gasteiger partial charge in [-0.05, 0) is 18.6 Å². The van der Waals surface area contributed by atoms with Gasteiger partial charge in [-0.25, -0.2) is 9.78 Å². The predicted molar refractivity (Wildman–Crippen MR) is 74.4 cm³/mol. The molecule has 0 aliphatic rings. The molecule has 0 atom stereocenters. The van der Waals surface area contributed by atoms with E-state index in [0.717, 1.165) is 10.7 Å². The summed E-state index contributed by atoms with van der Waals surface area (Å²) in [7, 11) is 1.93. The number of hydrogen-bond acceptors (Lipinski definition) is 6. The zero-order valence-corrected chi connectivity index (χ0v) is 11.7. The minimum Gasteiger partial charge on any atom is -0.461 e. The summed E-state index contributed by atoms with van der Waals surface area (Å²) in [5, 5.41) is 2.50. The maximum absolute atomic E-state index is 11.5. The Labute approximate surface area is 115 Å². The number of pyridine rings is 1. The molecule has 2 aromatic heterocycles. The highest BCUT2D eigenvalue weighted by Gasteiger charge is 2.13. The molecule has 0 fully saturated rings. The monoisotopic (exact) mass is 277 g/mol. The highest BCUT2D eigenvalue weighted by atomic mass is 32.1. The number of ether oxygens (including phenoxy) is 1. The lowest BCUT2D eigenvalue weighted by molar-refractivity contribution is 0.0520. The fraction of sp³-hybridized carbons (Fsp3) is 0.308. The van der Waals surface area contributed by atoms with E-state index in [2.05, 4.69) is 9.97 Å². The summed E-state index contributed by atoms with van der Waals surface area (Å²) < 4.78 is 4.92. The molecule has 100 valence electrons. The van der Waals surface area contributed by atoms with Crippen molar-refractivity contribution in [3.63, 3.8) is 0 Å². The Hall–Kier alpha value is -1.95. The van der Waals surface area contributed by atoms with Gasteiger partial charge in [0.15, 0.2) is 10.8 Å². The summed E-state index contributed by atoms with van der Waals surface area (Å²) >= 11 is 1.42. The molecule has 0 aromatic carbocycles. The highest BCUT2D eigenvalue weighted by Crippen LogP contribution is 2.21. The second-order valence-electron chi connectivity index (χ2n) is 3.95. The number of rotatable bonds is 5. The van der Waals surface area contributed by atoms with Gasteiger partial charge in [0.2, 0.25) is 0 Å². The van der Waals surface area contributed by atoms with E-state index in [1.165, 1.54) is 11.3 Å². The number of aromatic nitrogens is 2. The number of hydrogen-bond donors (Lipinski definition) is 0. The molecule has 5 nitrogen and oxygen atoms in total. The smallest absolute Gasteiger partial charge is 0.357 e. The average molecular weight is 277 g/mol. The van der Waals surface area contributed by atoms with Crippen LogP contribution in [0.15, 0.2) is 29.9 Å². The number of thiazole rings is 1. The van der Waals surface area contributed by atoms with Crippen LogP contribution >= 0.6 is 11.3 Å². The quantitative estimate of drug-likeness (QED) is 0.785. The van der Waals surface area contributed by atoms with Crippen molar-refractivity contribution in [3.05, 3.63) is 41.2 Å². The maximum atomic E-state index is 11.5. The van der Waals surface area contributed by atoms with Crippen LogP contribution in [0.5, 0.6) is 0 Å². The summed E-state index contributed by atoms with van der Waals surface area (Å²) in [5.41, 5.74) is 1.46. The van der Waals surface area contributed by atoms with Crippen molar-refractivity contribution in [3.8, 4) is 0 Å².